The van der Waals surface area contributed by atoms with Crippen LogP contribution in [-0.2, 0) is 11.3 Å². The summed E-state index contributed by atoms with van der Waals surface area (Å²) in [4.78, 5) is 29.6. The van der Waals surface area contributed by atoms with E-state index in [-0.39, 0.29) is 24.2 Å². The van der Waals surface area contributed by atoms with Crippen LogP contribution in [0.15, 0.2) is 97.1 Å². The van der Waals surface area contributed by atoms with Crippen molar-refractivity contribution in [3.63, 3.8) is 0 Å². The van der Waals surface area contributed by atoms with Gasteiger partial charge in [-0.25, -0.2) is 4.39 Å². The fourth-order valence-electron chi connectivity index (χ4n) is 5.03. The molecule has 4 aromatic rings. The molecule has 0 aliphatic carbocycles. The van der Waals surface area contributed by atoms with Crippen molar-refractivity contribution in [1.82, 2.24) is 4.90 Å². The smallest absolute Gasteiger partial charge is 0.255 e. The molecule has 0 spiro atoms. The van der Waals surface area contributed by atoms with Crippen molar-refractivity contribution in [1.29, 1.82) is 0 Å². The highest BCUT2D eigenvalue weighted by molar-refractivity contribution is 6.04. The van der Waals surface area contributed by atoms with E-state index in [9.17, 15) is 14.0 Å². The third kappa shape index (κ3) is 5.48. The van der Waals surface area contributed by atoms with Gasteiger partial charge >= 0.3 is 0 Å². The second-order valence-electron chi connectivity index (χ2n) is 9.29. The zero-order chi connectivity index (χ0) is 27.4. The van der Waals surface area contributed by atoms with Crippen LogP contribution in [0.25, 0.3) is 0 Å². The molecule has 0 fully saturated rings. The maximum absolute atomic E-state index is 14.0. The van der Waals surface area contributed by atoms with Crippen LogP contribution in [0.3, 0.4) is 0 Å². The SMILES string of the molecule is CCOc1ccc(NC(=O)[C@H]2c3ccccc3C(=O)N(Cc3ccc(F)cc3)[C@@H]2c2ccc(OC)cc2)cc1. The number of carbonyl (C=O) groups is 2. The molecule has 1 aliphatic heterocycles. The molecule has 0 saturated heterocycles. The highest BCUT2D eigenvalue weighted by Crippen LogP contribution is 2.44. The number of methoxy groups -OCH3 is 1. The van der Waals surface area contributed by atoms with E-state index >= 15 is 0 Å². The van der Waals surface area contributed by atoms with Crippen LogP contribution in [-0.4, -0.2) is 30.4 Å². The Morgan fingerprint density at radius 3 is 2.23 bits per heavy atom. The molecule has 1 heterocycles. The molecule has 0 unspecified atom stereocenters. The van der Waals surface area contributed by atoms with Gasteiger partial charge in [0, 0.05) is 17.8 Å². The standard InChI is InChI=1S/C32H29FN2O4/c1-3-39-26-18-14-24(15-19-26)34-31(36)29-27-6-4-5-7-28(27)32(37)35(20-21-8-12-23(33)13-9-21)30(29)22-10-16-25(38-2)17-11-22/h4-19,29-30H,3,20H2,1-2H3,(H,34,36)/t29-,30+/m0/s1. The lowest BCUT2D eigenvalue weighted by Crippen LogP contribution is -2.45. The summed E-state index contributed by atoms with van der Waals surface area (Å²) in [5.74, 6) is -0.120. The summed E-state index contributed by atoms with van der Waals surface area (Å²) >= 11 is 0. The number of benzene rings is 4. The lowest BCUT2D eigenvalue weighted by atomic mass is 9.79. The summed E-state index contributed by atoms with van der Waals surface area (Å²) in [6.45, 7) is 2.66. The molecule has 0 radical (unpaired) electrons. The maximum Gasteiger partial charge on any atom is 0.255 e. The molecule has 0 bridgehead atoms. The Morgan fingerprint density at radius 1 is 0.897 bits per heavy atom. The molecule has 0 aromatic heterocycles. The van der Waals surface area contributed by atoms with Crippen LogP contribution >= 0.6 is 0 Å². The molecule has 7 heteroatoms. The number of ether oxygens (including phenoxy) is 2. The number of carbonyl (C=O) groups excluding carboxylic acids is 2. The van der Waals surface area contributed by atoms with Gasteiger partial charge in [0.1, 0.15) is 17.3 Å². The Hall–Kier alpha value is -4.65. The molecular formula is C32H29FN2O4. The number of anilines is 1. The minimum Gasteiger partial charge on any atom is -0.497 e. The van der Waals surface area contributed by atoms with E-state index in [1.807, 2.05) is 43.3 Å². The van der Waals surface area contributed by atoms with Gasteiger partial charge in [0.15, 0.2) is 0 Å². The fourth-order valence-corrected chi connectivity index (χ4v) is 5.03. The summed E-state index contributed by atoms with van der Waals surface area (Å²) in [5.41, 5.74) is 3.29. The van der Waals surface area contributed by atoms with Gasteiger partial charge in [-0.2, -0.15) is 0 Å². The highest BCUT2D eigenvalue weighted by Gasteiger charge is 2.44. The van der Waals surface area contributed by atoms with Crippen molar-refractivity contribution in [2.24, 2.45) is 0 Å². The van der Waals surface area contributed by atoms with E-state index in [2.05, 4.69) is 5.32 Å². The van der Waals surface area contributed by atoms with E-state index in [4.69, 9.17) is 9.47 Å². The Morgan fingerprint density at radius 2 is 1.56 bits per heavy atom. The molecule has 6 nitrogen and oxygen atoms in total. The Balaban J connectivity index is 1.58. The minimum absolute atomic E-state index is 0.194. The van der Waals surface area contributed by atoms with Crippen molar-refractivity contribution in [2.75, 3.05) is 19.0 Å². The molecule has 39 heavy (non-hydrogen) atoms. The predicted molar refractivity (Wildman–Crippen MR) is 147 cm³/mol. The fraction of sp³-hybridized carbons (Fsp3) is 0.188. The molecule has 1 N–H and O–H groups in total. The first-order valence-corrected chi connectivity index (χ1v) is 12.8. The maximum atomic E-state index is 14.0. The second-order valence-corrected chi connectivity index (χ2v) is 9.29. The van der Waals surface area contributed by atoms with Crippen molar-refractivity contribution < 1.29 is 23.5 Å². The average Bonchev–Trinajstić information content (AvgIpc) is 2.96. The summed E-state index contributed by atoms with van der Waals surface area (Å²) in [7, 11) is 1.59. The molecule has 198 valence electrons. The van der Waals surface area contributed by atoms with Crippen molar-refractivity contribution in [2.45, 2.75) is 25.4 Å². The van der Waals surface area contributed by atoms with Crippen LogP contribution < -0.4 is 14.8 Å². The van der Waals surface area contributed by atoms with E-state index in [1.165, 1.54) is 12.1 Å². The first kappa shape index (κ1) is 26.0. The van der Waals surface area contributed by atoms with E-state index in [0.29, 0.717) is 34.9 Å². The van der Waals surface area contributed by atoms with Gasteiger partial charge < -0.3 is 19.7 Å². The zero-order valence-corrected chi connectivity index (χ0v) is 21.8. The molecule has 1 aliphatic rings. The second kappa shape index (κ2) is 11.4. The van der Waals surface area contributed by atoms with Crippen LogP contribution in [0.4, 0.5) is 10.1 Å². The third-order valence-corrected chi connectivity index (χ3v) is 6.88. The van der Waals surface area contributed by atoms with Crippen molar-refractivity contribution in [3.05, 3.63) is 125 Å². The lowest BCUT2D eigenvalue weighted by Gasteiger charge is -2.42. The van der Waals surface area contributed by atoms with Gasteiger partial charge in [0.2, 0.25) is 5.91 Å². The predicted octanol–water partition coefficient (Wildman–Crippen LogP) is 6.35. The number of nitrogens with one attached hydrogen (secondary N) is 1. The normalized spacial score (nSPS) is 16.4. The summed E-state index contributed by atoms with van der Waals surface area (Å²) in [6.07, 6.45) is 0. The van der Waals surface area contributed by atoms with Crippen LogP contribution in [0.5, 0.6) is 11.5 Å². The summed E-state index contributed by atoms with van der Waals surface area (Å²) in [6, 6.07) is 27.2. The van der Waals surface area contributed by atoms with E-state index in [1.54, 1.807) is 60.5 Å². The molecule has 5 rings (SSSR count). The van der Waals surface area contributed by atoms with Gasteiger partial charge in [-0.05, 0) is 78.2 Å². The van der Waals surface area contributed by atoms with Crippen LogP contribution in [0.1, 0.15) is 45.9 Å². The number of hydrogen-bond acceptors (Lipinski definition) is 4. The largest absolute Gasteiger partial charge is 0.497 e. The number of fused-ring (bicyclic) bond motifs is 1. The van der Waals surface area contributed by atoms with E-state index < -0.39 is 12.0 Å². The monoisotopic (exact) mass is 524 g/mol. The topological polar surface area (TPSA) is 67.9 Å². The zero-order valence-electron chi connectivity index (χ0n) is 21.8. The van der Waals surface area contributed by atoms with Gasteiger partial charge in [-0.15, -0.1) is 0 Å². The first-order valence-electron chi connectivity index (χ1n) is 12.8. The number of hydrogen-bond donors (Lipinski definition) is 1. The minimum atomic E-state index is -0.709. The molecular weight excluding hydrogens is 495 g/mol. The first-order chi connectivity index (χ1) is 19.0. The van der Waals surface area contributed by atoms with Gasteiger partial charge in [0.05, 0.1) is 25.7 Å². The Bertz CT molecular complexity index is 1450. The molecule has 2 amide bonds. The van der Waals surface area contributed by atoms with E-state index in [0.717, 1.165) is 11.1 Å². The molecule has 4 aromatic carbocycles. The lowest BCUT2D eigenvalue weighted by molar-refractivity contribution is -0.119. The third-order valence-electron chi connectivity index (χ3n) is 6.88. The van der Waals surface area contributed by atoms with Gasteiger partial charge in [0.25, 0.3) is 5.91 Å². The number of halogens is 1. The Kier molecular flexibility index (Phi) is 7.59. The number of rotatable bonds is 8. The summed E-state index contributed by atoms with van der Waals surface area (Å²) < 4.78 is 24.5. The Labute approximate surface area is 227 Å². The average molecular weight is 525 g/mol. The van der Waals surface area contributed by atoms with Gasteiger partial charge in [-0.3, -0.25) is 9.59 Å². The van der Waals surface area contributed by atoms with Crippen LogP contribution in [0, 0.1) is 5.82 Å². The van der Waals surface area contributed by atoms with Crippen LogP contribution in [0.2, 0.25) is 0 Å². The van der Waals surface area contributed by atoms with Crippen molar-refractivity contribution >= 4 is 17.5 Å². The molecule has 2 atom stereocenters. The van der Waals surface area contributed by atoms with Crippen molar-refractivity contribution in [3.8, 4) is 11.5 Å². The molecule has 0 saturated carbocycles. The quantitative estimate of drug-likeness (QED) is 0.292. The number of amides is 2. The van der Waals surface area contributed by atoms with Gasteiger partial charge in [-0.1, -0.05) is 42.5 Å². The summed E-state index contributed by atoms with van der Waals surface area (Å²) in [5, 5.41) is 3.04. The highest BCUT2D eigenvalue weighted by atomic mass is 19.1. The number of nitrogens with zero attached hydrogens (tertiary/aromatic N) is 1.